The number of carboxylic acids is 1. The lowest BCUT2D eigenvalue weighted by Gasteiger charge is -2.18. The first-order chi connectivity index (χ1) is 11.6. The van der Waals surface area contributed by atoms with Crippen molar-refractivity contribution in [1.29, 1.82) is 0 Å². The van der Waals surface area contributed by atoms with Crippen LogP contribution in [0.25, 0.3) is 0 Å². The van der Waals surface area contributed by atoms with E-state index in [9.17, 15) is 32.9 Å². The summed E-state index contributed by atoms with van der Waals surface area (Å²) in [7, 11) is 0. The number of carbonyl (C=O) groups is 2. The number of alkyl halides is 3. The number of likely N-dealkylation sites (tertiary alicyclic amines) is 1. The molecule has 8 nitrogen and oxygen atoms in total. The van der Waals surface area contributed by atoms with Gasteiger partial charge in [0.15, 0.2) is 12.4 Å². The largest absolute Gasteiger partial charge is 0.481 e. The Balaban J connectivity index is 2.05. The molecule has 1 aliphatic rings. The van der Waals surface area contributed by atoms with Gasteiger partial charge in [0.25, 0.3) is 5.91 Å². The zero-order valence-electron chi connectivity index (χ0n) is 12.6. The number of halogens is 3. The monoisotopic (exact) mass is 362 g/mol. The summed E-state index contributed by atoms with van der Waals surface area (Å²) in [6.45, 7) is -2.13. The van der Waals surface area contributed by atoms with Gasteiger partial charge in [0.1, 0.15) is 0 Å². The van der Waals surface area contributed by atoms with E-state index in [2.05, 4.69) is 0 Å². The number of hydrogen-bond donors (Lipinski definition) is 1. The van der Waals surface area contributed by atoms with Gasteiger partial charge in [-0.2, -0.15) is 13.2 Å². The number of ether oxygens (including phenoxy) is 1. The van der Waals surface area contributed by atoms with Crippen molar-refractivity contribution >= 4 is 17.6 Å². The van der Waals surface area contributed by atoms with Crippen LogP contribution in [0.1, 0.15) is 0 Å². The van der Waals surface area contributed by atoms with Crippen LogP contribution in [0.5, 0.6) is 5.75 Å². The molecule has 1 amide bonds. The highest BCUT2D eigenvalue weighted by Gasteiger charge is 2.53. The van der Waals surface area contributed by atoms with E-state index in [1.165, 1.54) is 18.2 Å². The van der Waals surface area contributed by atoms with E-state index < -0.39 is 60.2 Å². The van der Waals surface area contributed by atoms with Gasteiger partial charge in [-0.15, -0.1) is 0 Å². The Morgan fingerprint density at radius 1 is 1.32 bits per heavy atom. The fourth-order valence-corrected chi connectivity index (χ4v) is 2.55. The number of aliphatic carboxylic acids is 1. The molecule has 136 valence electrons. The normalized spacial score (nSPS) is 20.4. The zero-order chi connectivity index (χ0) is 18.8. The van der Waals surface area contributed by atoms with E-state index in [1.807, 2.05) is 0 Å². The first-order valence-electron chi connectivity index (χ1n) is 7.04. The van der Waals surface area contributed by atoms with Gasteiger partial charge in [0.2, 0.25) is 0 Å². The lowest BCUT2D eigenvalue weighted by atomic mass is 9.96. The van der Waals surface area contributed by atoms with E-state index in [4.69, 9.17) is 9.84 Å². The summed E-state index contributed by atoms with van der Waals surface area (Å²) in [4.78, 5) is 33.8. The van der Waals surface area contributed by atoms with Crippen LogP contribution in [0.3, 0.4) is 0 Å². The molecule has 1 aromatic carbocycles. The number of nitro benzene ring substituents is 1. The van der Waals surface area contributed by atoms with Crippen LogP contribution in [0.4, 0.5) is 18.9 Å². The van der Waals surface area contributed by atoms with Crippen LogP contribution >= 0.6 is 0 Å². The number of carboxylic acid groups (broad SMARTS) is 1. The second-order valence-corrected chi connectivity index (χ2v) is 5.41. The number of amides is 1. The lowest BCUT2D eigenvalue weighted by Crippen LogP contribution is -2.35. The maximum absolute atomic E-state index is 12.9. The van der Waals surface area contributed by atoms with Gasteiger partial charge in [-0.25, -0.2) is 0 Å². The van der Waals surface area contributed by atoms with E-state index in [0.29, 0.717) is 0 Å². The Labute approximate surface area is 138 Å². The molecule has 0 aliphatic carbocycles. The molecule has 1 saturated heterocycles. The molecule has 0 saturated carbocycles. The first-order valence-corrected chi connectivity index (χ1v) is 7.04. The van der Waals surface area contributed by atoms with Crippen LogP contribution in [0, 0.1) is 22.0 Å². The molecule has 11 heteroatoms. The lowest BCUT2D eigenvalue weighted by molar-refractivity contribution is -0.385. The molecule has 25 heavy (non-hydrogen) atoms. The molecule has 0 radical (unpaired) electrons. The predicted molar refractivity (Wildman–Crippen MR) is 75.8 cm³/mol. The van der Waals surface area contributed by atoms with Crippen LogP contribution in [0.2, 0.25) is 0 Å². The molecule has 0 unspecified atom stereocenters. The first kappa shape index (κ1) is 18.5. The highest BCUT2D eigenvalue weighted by molar-refractivity contribution is 5.80. The fraction of sp³-hybridized carbons (Fsp3) is 0.429. The zero-order valence-corrected chi connectivity index (χ0v) is 12.6. The molecule has 1 aliphatic heterocycles. The molecule has 2 rings (SSSR count). The Kier molecular flexibility index (Phi) is 5.14. The second kappa shape index (κ2) is 6.95. The molecule has 1 heterocycles. The predicted octanol–water partition coefficient (Wildman–Crippen LogP) is 1.70. The topological polar surface area (TPSA) is 110 Å². The molecule has 1 fully saturated rings. The van der Waals surface area contributed by atoms with Gasteiger partial charge >= 0.3 is 17.8 Å². The Morgan fingerprint density at radius 2 is 1.96 bits per heavy atom. The van der Waals surface area contributed by atoms with Crippen LogP contribution in [-0.4, -0.2) is 52.7 Å². The van der Waals surface area contributed by atoms with Crippen molar-refractivity contribution in [2.75, 3.05) is 19.7 Å². The second-order valence-electron chi connectivity index (χ2n) is 5.41. The number of para-hydroxylation sites is 2. The molecule has 2 atom stereocenters. The summed E-state index contributed by atoms with van der Waals surface area (Å²) in [5.74, 6) is -6.65. The van der Waals surface area contributed by atoms with E-state index in [-0.39, 0.29) is 5.75 Å². The Morgan fingerprint density at radius 3 is 2.48 bits per heavy atom. The number of nitro groups is 1. The third-order valence-corrected chi connectivity index (χ3v) is 3.82. The van der Waals surface area contributed by atoms with Crippen LogP contribution in [-0.2, 0) is 9.59 Å². The SMILES string of the molecule is O=C(O)[C@@H]1CN(C(=O)COc2ccccc2[N+](=O)[O-])C[C@H]1C(F)(F)F. The maximum atomic E-state index is 12.9. The third kappa shape index (κ3) is 4.17. The van der Waals surface area contributed by atoms with Crippen molar-refractivity contribution in [3.8, 4) is 5.75 Å². The average Bonchev–Trinajstić information content (AvgIpc) is 2.98. The van der Waals surface area contributed by atoms with Crippen LogP contribution in [0.15, 0.2) is 24.3 Å². The fourth-order valence-electron chi connectivity index (χ4n) is 2.55. The van der Waals surface area contributed by atoms with Crippen molar-refractivity contribution in [2.24, 2.45) is 11.8 Å². The minimum Gasteiger partial charge on any atom is -0.481 e. The summed E-state index contributed by atoms with van der Waals surface area (Å²) in [5, 5.41) is 19.7. The number of nitrogens with zero attached hydrogens (tertiary/aromatic N) is 2. The Bertz CT molecular complexity index is 693. The smallest absolute Gasteiger partial charge is 0.394 e. The highest BCUT2D eigenvalue weighted by atomic mass is 19.4. The quantitative estimate of drug-likeness (QED) is 0.631. The molecule has 0 aromatic heterocycles. The van der Waals surface area contributed by atoms with E-state index in [0.717, 1.165) is 11.0 Å². The minimum absolute atomic E-state index is 0.206. The van der Waals surface area contributed by atoms with Crippen molar-refractivity contribution in [2.45, 2.75) is 6.18 Å². The number of hydrogen-bond acceptors (Lipinski definition) is 5. The highest BCUT2D eigenvalue weighted by Crippen LogP contribution is 2.37. The van der Waals surface area contributed by atoms with Crippen molar-refractivity contribution in [3.63, 3.8) is 0 Å². The third-order valence-electron chi connectivity index (χ3n) is 3.82. The van der Waals surface area contributed by atoms with Gasteiger partial charge in [-0.05, 0) is 6.07 Å². The molecule has 0 spiro atoms. The van der Waals surface area contributed by atoms with Gasteiger partial charge in [0, 0.05) is 19.2 Å². The van der Waals surface area contributed by atoms with Crippen LogP contribution < -0.4 is 4.74 Å². The summed E-state index contributed by atoms with van der Waals surface area (Å²) in [5.41, 5.74) is -0.395. The van der Waals surface area contributed by atoms with Gasteiger partial charge in [0.05, 0.1) is 16.8 Å². The van der Waals surface area contributed by atoms with Gasteiger partial charge in [-0.1, -0.05) is 12.1 Å². The standard InChI is InChI=1S/C14H13F3N2O6/c15-14(16,17)9-6-18(5-8(9)13(21)22)12(20)7-25-11-4-2-1-3-10(11)19(23)24/h1-4,8-9H,5-7H2,(H,21,22)/t8-,9-/m1/s1. The number of benzene rings is 1. The van der Waals surface area contributed by atoms with E-state index >= 15 is 0 Å². The molecule has 1 N–H and O–H groups in total. The molecule has 1 aromatic rings. The van der Waals surface area contributed by atoms with Crippen molar-refractivity contribution in [1.82, 2.24) is 4.90 Å². The minimum atomic E-state index is -4.75. The molecule has 0 bridgehead atoms. The number of rotatable bonds is 5. The van der Waals surface area contributed by atoms with Gasteiger partial charge in [-0.3, -0.25) is 19.7 Å². The number of carbonyl (C=O) groups excluding carboxylic acids is 1. The Hall–Kier alpha value is -2.85. The van der Waals surface area contributed by atoms with E-state index in [1.54, 1.807) is 0 Å². The van der Waals surface area contributed by atoms with Crippen molar-refractivity contribution < 1.29 is 37.5 Å². The van der Waals surface area contributed by atoms with Crippen molar-refractivity contribution in [3.05, 3.63) is 34.4 Å². The molecular formula is C14H13F3N2O6. The summed E-state index contributed by atoms with van der Waals surface area (Å²) < 4.78 is 43.7. The summed E-state index contributed by atoms with van der Waals surface area (Å²) in [6, 6.07) is 5.21. The summed E-state index contributed by atoms with van der Waals surface area (Å²) >= 11 is 0. The van der Waals surface area contributed by atoms with Gasteiger partial charge < -0.3 is 14.7 Å². The maximum Gasteiger partial charge on any atom is 0.394 e. The average molecular weight is 362 g/mol. The molecular weight excluding hydrogens is 349 g/mol. The summed E-state index contributed by atoms with van der Waals surface area (Å²) in [6.07, 6.45) is -4.75.